The van der Waals surface area contributed by atoms with E-state index < -0.39 is 16.8 Å². The fourth-order valence-electron chi connectivity index (χ4n) is 1.57. The number of nitro groups is 1. The lowest BCUT2D eigenvalue weighted by Gasteiger charge is -2.06. The lowest BCUT2D eigenvalue weighted by Crippen LogP contribution is -2.85. The Morgan fingerprint density at radius 1 is 1.42 bits per heavy atom. The first kappa shape index (κ1) is 13.7. The molecule has 9 heteroatoms. The van der Waals surface area contributed by atoms with Gasteiger partial charge in [0.2, 0.25) is 5.70 Å². The Morgan fingerprint density at radius 2 is 2.16 bits per heavy atom. The molecule has 0 atom stereocenters. The second-order valence-electron chi connectivity index (χ2n) is 3.75. The first-order chi connectivity index (χ1) is 8.88. The number of aliphatic imine (C=N–C) groups is 1. The molecule has 2 rings (SSSR count). The van der Waals surface area contributed by atoms with Crippen molar-refractivity contribution in [3.63, 3.8) is 0 Å². The van der Waals surface area contributed by atoms with E-state index in [4.69, 9.17) is 0 Å². The molecule has 0 saturated carbocycles. The largest absolute Gasteiger partial charge is 0.466 e. The highest BCUT2D eigenvalue weighted by Crippen LogP contribution is 2.27. The quantitative estimate of drug-likeness (QED) is 0.662. The molecule has 2 N–H and O–H groups in total. The number of hydrogen-bond donors (Lipinski definition) is 1. The van der Waals surface area contributed by atoms with Crippen LogP contribution in [0.3, 0.4) is 0 Å². The molecular formula is C10H9F3N3O2S+. The van der Waals surface area contributed by atoms with Gasteiger partial charge in [0, 0.05) is 12.1 Å². The van der Waals surface area contributed by atoms with Gasteiger partial charge in [-0.2, -0.15) is 13.2 Å². The molecule has 102 valence electrons. The Morgan fingerprint density at radius 3 is 2.74 bits per heavy atom. The van der Waals surface area contributed by atoms with Crippen LogP contribution in [0.1, 0.15) is 4.88 Å². The lowest BCUT2D eigenvalue weighted by atomic mass is 10.2. The van der Waals surface area contributed by atoms with Crippen LogP contribution in [0.15, 0.2) is 28.9 Å². The van der Waals surface area contributed by atoms with Crippen LogP contribution in [0.5, 0.6) is 0 Å². The van der Waals surface area contributed by atoms with Gasteiger partial charge in [-0.25, -0.2) is 0 Å². The van der Waals surface area contributed by atoms with Crippen molar-refractivity contribution in [3.05, 3.63) is 38.9 Å². The third-order valence-corrected chi connectivity index (χ3v) is 3.48. The normalized spacial score (nSPS) is 16.6. The Kier molecular flexibility index (Phi) is 3.67. The fourth-order valence-corrected chi connectivity index (χ4v) is 2.37. The Bertz CT molecular complexity index is 563. The van der Waals surface area contributed by atoms with E-state index in [1.165, 1.54) is 12.1 Å². The Labute approximate surface area is 109 Å². The second kappa shape index (κ2) is 5.10. The third-order valence-electron chi connectivity index (χ3n) is 2.42. The lowest BCUT2D eigenvalue weighted by molar-refractivity contribution is -0.622. The van der Waals surface area contributed by atoms with Crippen molar-refractivity contribution in [2.24, 2.45) is 4.99 Å². The predicted octanol–water partition coefficient (Wildman–Crippen LogP) is 1.47. The molecule has 1 aromatic heterocycles. The van der Waals surface area contributed by atoms with E-state index in [0.29, 0.717) is 4.88 Å². The number of thiophene rings is 1. The summed E-state index contributed by atoms with van der Waals surface area (Å²) in [5, 5.41) is 11.5. The van der Waals surface area contributed by atoms with Gasteiger partial charge in [0.1, 0.15) is 6.54 Å². The molecule has 0 amide bonds. The highest BCUT2D eigenvalue weighted by atomic mass is 32.1. The number of halogens is 3. The van der Waals surface area contributed by atoms with E-state index in [1.54, 1.807) is 0 Å². The van der Waals surface area contributed by atoms with Gasteiger partial charge in [-0.1, -0.05) is 11.3 Å². The van der Waals surface area contributed by atoms with E-state index in [9.17, 15) is 23.3 Å². The van der Waals surface area contributed by atoms with Crippen molar-refractivity contribution in [1.29, 1.82) is 0 Å². The van der Waals surface area contributed by atoms with Gasteiger partial charge in [-0.3, -0.25) is 15.1 Å². The number of rotatable bonds is 2. The van der Waals surface area contributed by atoms with Gasteiger partial charge in [0.05, 0.1) is 22.1 Å². The summed E-state index contributed by atoms with van der Waals surface area (Å²) < 4.78 is 38.1. The first-order valence-electron chi connectivity index (χ1n) is 5.29. The number of allylic oxidation sites excluding steroid dienone is 2. The van der Waals surface area contributed by atoms with E-state index in [2.05, 4.69) is 4.99 Å². The molecule has 1 aliphatic heterocycles. The molecule has 0 aliphatic carbocycles. The minimum Gasteiger partial charge on any atom is -0.308 e. The van der Waals surface area contributed by atoms with Crippen LogP contribution in [0, 0.1) is 10.1 Å². The number of quaternary nitrogens is 1. The van der Waals surface area contributed by atoms with Crippen LogP contribution < -0.4 is 5.32 Å². The molecule has 0 spiro atoms. The molecule has 0 bridgehead atoms. The van der Waals surface area contributed by atoms with Crippen molar-refractivity contribution < 1.29 is 23.4 Å². The summed E-state index contributed by atoms with van der Waals surface area (Å²) in [5.41, 5.74) is -0.626. The van der Waals surface area contributed by atoms with Crippen LogP contribution in [-0.4, -0.2) is 29.9 Å². The van der Waals surface area contributed by atoms with Gasteiger partial charge < -0.3 is 5.32 Å². The maximum absolute atomic E-state index is 12.7. The monoisotopic (exact) mass is 292 g/mol. The fraction of sp³-hybridized carbons (Fsp3) is 0.300. The Hall–Kier alpha value is -1.74. The zero-order valence-electron chi connectivity index (χ0n) is 9.48. The van der Waals surface area contributed by atoms with Crippen molar-refractivity contribution in [2.45, 2.75) is 6.18 Å². The first-order valence-corrected chi connectivity index (χ1v) is 6.11. The average molecular weight is 292 g/mol. The molecule has 19 heavy (non-hydrogen) atoms. The summed E-state index contributed by atoms with van der Waals surface area (Å²) in [6, 6.07) is 2.68. The minimum atomic E-state index is -4.44. The molecule has 0 unspecified atom stereocenters. The van der Waals surface area contributed by atoms with Crippen LogP contribution in [-0.2, 0) is 0 Å². The number of nitrogens with two attached hydrogens (primary N) is 1. The maximum Gasteiger partial charge on any atom is 0.466 e. The molecule has 5 nitrogen and oxygen atoms in total. The molecule has 1 aromatic rings. The minimum absolute atomic E-state index is 0.118. The van der Waals surface area contributed by atoms with Crippen molar-refractivity contribution in [2.75, 3.05) is 13.1 Å². The summed E-state index contributed by atoms with van der Waals surface area (Å²) in [6.07, 6.45) is -3.50. The number of hydrogen-bond acceptors (Lipinski definition) is 4. The maximum atomic E-state index is 12.7. The molecule has 2 heterocycles. The van der Waals surface area contributed by atoms with Gasteiger partial charge in [0.25, 0.3) is 0 Å². The average Bonchev–Trinajstić information content (AvgIpc) is 2.66. The summed E-state index contributed by atoms with van der Waals surface area (Å²) in [5.74, 6) is 0. The van der Waals surface area contributed by atoms with Crippen LogP contribution >= 0.6 is 11.3 Å². The molecule has 0 saturated heterocycles. The zero-order chi connectivity index (χ0) is 14.0. The zero-order valence-corrected chi connectivity index (χ0v) is 10.3. The van der Waals surface area contributed by atoms with Crippen LogP contribution in [0.2, 0.25) is 0 Å². The Balaban J connectivity index is 2.35. The van der Waals surface area contributed by atoms with Gasteiger partial charge >= 0.3 is 11.2 Å². The van der Waals surface area contributed by atoms with Gasteiger partial charge in [-0.05, 0) is 6.07 Å². The third kappa shape index (κ3) is 3.18. The highest BCUT2D eigenvalue weighted by molar-refractivity contribution is 7.17. The summed E-state index contributed by atoms with van der Waals surface area (Å²) in [6.45, 7) is 0.430. The van der Waals surface area contributed by atoms with Gasteiger partial charge in [0.15, 0.2) is 0 Å². The van der Waals surface area contributed by atoms with Gasteiger partial charge in [-0.15, -0.1) is 0 Å². The molecule has 1 aliphatic rings. The van der Waals surface area contributed by atoms with E-state index in [0.717, 1.165) is 22.7 Å². The molecule has 0 radical (unpaired) electrons. The predicted molar refractivity (Wildman–Crippen MR) is 63.3 cm³/mol. The molecule has 0 aromatic carbocycles. The summed E-state index contributed by atoms with van der Waals surface area (Å²) in [7, 11) is 0. The number of nitrogens with zero attached hydrogens (tertiary/aromatic N) is 2. The van der Waals surface area contributed by atoms with Crippen molar-refractivity contribution >= 4 is 22.0 Å². The van der Waals surface area contributed by atoms with Crippen molar-refractivity contribution in [3.8, 4) is 0 Å². The highest BCUT2D eigenvalue weighted by Gasteiger charge is 2.39. The van der Waals surface area contributed by atoms with E-state index >= 15 is 0 Å². The topological polar surface area (TPSA) is 72.1 Å². The van der Waals surface area contributed by atoms with Crippen molar-refractivity contribution in [1.82, 2.24) is 0 Å². The summed E-state index contributed by atoms with van der Waals surface area (Å²) in [4.78, 5) is 14.4. The standard InChI is InChI=1S/C10H8F3N3O2S/c11-10(12,13)8-5-6(14-3-4-15-8)7-1-2-9(19-7)16(17)18/h1-2,5,15H,3-4H2/p+1. The number of alkyl halides is 3. The van der Waals surface area contributed by atoms with Crippen LogP contribution in [0.25, 0.3) is 0 Å². The molecular weight excluding hydrogens is 283 g/mol. The van der Waals surface area contributed by atoms with E-state index in [-0.39, 0.29) is 23.8 Å². The molecule has 0 fully saturated rings. The summed E-state index contributed by atoms with van der Waals surface area (Å²) >= 11 is 0.814. The van der Waals surface area contributed by atoms with Crippen LogP contribution in [0.4, 0.5) is 18.2 Å². The smallest absolute Gasteiger partial charge is 0.308 e. The van der Waals surface area contributed by atoms with E-state index in [1.807, 2.05) is 0 Å². The SMILES string of the molecule is O=[N+]([O-])c1ccc(C2=NCC[NH2+]C(C(F)(F)F)=C2)s1. The second-order valence-corrected chi connectivity index (χ2v) is 4.81.